The SMILES string of the molecule is Cn1cc(-c2nc(-c3ccccc3)n[nH]2)nn1. The largest absolute Gasteiger partial charge is 0.257 e. The van der Waals surface area contributed by atoms with E-state index in [-0.39, 0.29) is 0 Å². The number of hydrogen-bond acceptors (Lipinski definition) is 4. The van der Waals surface area contributed by atoms with Crippen molar-refractivity contribution in [3.8, 4) is 22.9 Å². The highest BCUT2D eigenvalue weighted by Gasteiger charge is 2.09. The molecular formula is C11H10N6. The number of rotatable bonds is 2. The third kappa shape index (κ3) is 1.80. The second kappa shape index (κ2) is 3.82. The van der Waals surface area contributed by atoms with Gasteiger partial charge in [0.1, 0.15) is 5.69 Å². The Balaban J connectivity index is 1.99. The normalized spacial score (nSPS) is 10.6. The van der Waals surface area contributed by atoms with E-state index in [1.165, 1.54) is 0 Å². The van der Waals surface area contributed by atoms with Crippen molar-refractivity contribution < 1.29 is 0 Å². The Morgan fingerprint density at radius 1 is 1.18 bits per heavy atom. The summed E-state index contributed by atoms with van der Waals surface area (Å²) in [6.45, 7) is 0. The average Bonchev–Trinajstić information content (AvgIpc) is 2.98. The molecule has 0 amide bonds. The summed E-state index contributed by atoms with van der Waals surface area (Å²) in [7, 11) is 1.81. The molecule has 0 saturated heterocycles. The van der Waals surface area contributed by atoms with Crippen molar-refractivity contribution in [1.82, 2.24) is 30.2 Å². The summed E-state index contributed by atoms with van der Waals surface area (Å²) in [5, 5.41) is 14.8. The summed E-state index contributed by atoms with van der Waals surface area (Å²) in [4.78, 5) is 4.38. The fourth-order valence-electron chi connectivity index (χ4n) is 1.55. The van der Waals surface area contributed by atoms with E-state index >= 15 is 0 Å². The van der Waals surface area contributed by atoms with Crippen molar-refractivity contribution in [3.05, 3.63) is 36.5 Å². The zero-order valence-electron chi connectivity index (χ0n) is 9.20. The summed E-state index contributed by atoms with van der Waals surface area (Å²) in [6, 6.07) is 9.79. The molecule has 0 aliphatic carbocycles. The van der Waals surface area contributed by atoms with Crippen molar-refractivity contribution in [1.29, 1.82) is 0 Å². The Morgan fingerprint density at radius 3 is 2.71 bits per heavy atom. The van der Waals surface area contributed by atoms with Gasteiger partial charge in [-0.1, -0.05) is 35.5 Å². The molecule has 2 aromatic heterocycles. The van der Waals surface area contributed by atoms with Crippen LogP contribution in [0.1, 0.15) is 0 Å². The van der Waals surface area contributed by atoms with Gasteiger partial charge < -0.3 is 0 Å². The maximum absolute atomic E-state index is 4.38. The van der Waals surface area contributed by atoms with Crippen LogP contribution in [-0.4, -0.2) is 30.2 Å². The zero-order chi connectivity index (χ0) is 11.7. The van der Waals surface area contributed by atoms with Gasteiger partial charge in [0.15, 0.2) is 11.6 Å². The molecule has 0 aliphatic rings. The van der Waals surface area contributed by atoms with Crippen LogP contribution in [0.25, 0.3) is 22.9 Å². The highest BCUT2D eigenvalue weighted by molar-refractivity contribution is 5.58. The lowest BCUT2D eigenvalue weighted by Gasteiger charge is -1.91. The molecule has 0 radical (unpaired) electrons. The molecule has 2 heterocycles. The molecule has 0 aliphatic heterocycles. The molecule has 3 aromatic rings. The van der Waals surface area contributed by atoms with Gasteiger partial charge in [0.25, 0.3) is 0 Å². The van der Waals surface area contributed by atoms with Gasteiger partial charge >= 0.3 is 0 Å². The minimum atomic E-state index is 0.622. The van der Waals surface area contributed by atoms with Gasteiger partial charge in [0.2, 0.25) is 0 Å². The van der Waals surface area contributed by atoms with E-state index in [4.69, 9.17) is 0 Å². The molecule has 1 N–H and O–H groups in total. The molecule has 0 unspecified atom stereocenters. The van der Waals surface area contributed by atoms with Crippen molar-refractivity contribution in [2.45, 2.75) is 0 Å². The van der Waals surface area contributed by atoms with Crippen LogP contribution in [0.15, 0.2) is 36.5 Å². The van der Waals surface area contributed by atoms with E-state index in [9.17, 15) is 0 Å². The molecule has 0 spiro atoms. The van der Waals surface area contributed by atoms with Crippen LogP contribution in [0.4, 0.5) is 0 Å². The van der Waals surface area contributed by atoms with E-state index in [1.807, 2.05) is 37.4 Å². The zero-order valence-corrected chi connectivity index (χ0v) is 9.20. The maximum Gasteiger partial charge on any atom is 0.181 e. The van der Waals surface area contributed by atoms with Gasteiger partial charge in [-0.25, -0.2) is 4.98 Å². The highest BCUT2D eigenvalue weighted by Crippen LogP contribution is 2.17. The predicted molar refractivity (Wildman–Crippen MR) is 61.8 cm³/mol. The first kappa shape index (κ1) is 9.71. The lowest BCUT2D eigenvalue weighted by atomic mass is 10.2. The summed E-state index contributed by atoms with van der Waals surface area (Å²) >= 11 is 0. The summed E-state index contributed by atoms with van der Waals surface area (Å²) in [5.41, 5.74) is 1.65. The Kier molecular flexibility index (Phi) is 2.18. The maximum atomic E-state index is 4.38. The van der Waals surface area contributed by atoms with Gasteiger partial charge in [-0.2, -0.15) is 5.10 Å². The van der Waals surface area contributed by atoms with Crippen molar-refractivity contribution in [3.63, 3.8) is 0 Å². The molecule has 6 nitrogen and oxygen atoms in total. The molecule has 84 valence electrons. The van der Waals surface area contributed by atoms with Crippen LogP contribution < -0.4 is 0 Å². The summed E-state index contributed by atoms with van der Waals surface area (Å²) < 4.78 is 1.63. The van der Waals surface area contributed by atoms with Crippen molar-refractivity contribution in [2.24, 2.45) is 7.05 Å². The number of nitrogens with one attached hydrogen (secondary N) is 1. The van der Waals surface area contributed by atoms with Crippen LogP contribution in [0, 0.1) is 0 Å². The van der Waals surface area contributed by atoms with Crippen LogP contribution in [0.5, 0.6) is 0 Å². The van der Waals surface area contributed by atoms with Gasteiger partial charge in [-0.15, -0.1) is 5.10 Å². The Hall–Kier alpha value is -2.50. The standard InChI is InChI=1S/C11H10N6/c1-17-7-9(13-16-17)11-12-10(14-15-11)8-5-3-2-4-6-8/h2-7H,1H3,(H,12,14,15). The monoisotopic (exact) mass is 226 g/mol. The molecule has 0 saturated carbocycles. The molecule has 17 heavy (non-hydrogen) atoms. The second-order valence-electron chi connectivity index (χ2n) is 3.65. The van der Waals surface area contributed by atoms with Gasteiger partial charge in [0, 0.05) is 12.6 Å². The van der Waals surface area contributed by atoms with Gasteiger partial charge in [-0.05, 0) is 0 Å². The molecule has 0 bridgehead atoms. The fourth-order valence-corrected chi connectivity index (χ4v) is 1.55. The van der Waals surface area contributed by atoms with E-state index < -0.39 is 0 Å². The minimum Gasteiger partial charge on any atom is -0.257 e. The third-order valence-corrected chi connectivity index (χ3v) is 2.36. The van der Waals surface area contributed by atoms with Crippen molar-refractivity contribution in [2.75, 3.05) is 0 Å². The number of nitrogens with zero attached hydrogens (tertiary/aromatic N) is 5. The lowest BCUT2D eigenvalue weighted by molar-refractivity contribution is 0.715. The van der Waals surface area contributed by atoms with Gasteiger partial charge in [0.05, 0.1) is 6.20 Å². The lowest BCUT2D eigenvalue weighted by Crippen LogP contribution is -1.85. The van der Waals surface area contributed by atoms with Crippen LogP contribution in [0.3, 0.4) is 0 Å². The number of aryl methyl sites for hydroxylation is 1. The highest BCUT2D eigenvalue weighted by atomic mass is 15.4. The number of aromatic amines is 1. The quantitative estimate of drug-likeness (QED) is 0.714. The number of aromatic nitrogens is 6. The van der Waals surface area contributed by atoms with Crippen LogP contribution in [0.2, 0.25) is 0 Å². The smallest absolute Gasteiger partial charge is 0.181 e. The Morgan fingerprint density at radius 2 is 2.00 bits per heavy atom. The summed E-state index contributed by atoms with van der Waals surface area (Å²) in [5.74, 6) is 1.28. The molecular weight excluding hydrogens is 216 g/mol. The second-order valence-corrected chi connectivity index (χ2v) is 3.65. The predicted octanol–water partition coefficient (Wildman–Crippen LogP) is 1.27. The summed E-state index contributed by atoms with van der Waals surface area (Å²) in [6.07, 6.45) is 1.79. The first-order valence-corrected chi connectivity index (χ1v) is 5.17. The molecule has 3 rings (SSSR count). The van der Waals surface area contributed by atoms with Crippen molar-refractivity contribution >= 4 is 0 Å². The van der Waals surface area contributed by atoms with Crippen LogP contribution in [-0.2, 0) is 7.05 Å². The Bertz CT molecular complexity index is 624. The number of benzene rings is 1. The van der Waals surface area contributed by atoms with E-state index in [0.717, 1.165) is 5.56 Å². The minimum absolute atomic E-state index is 0.622. The first-order chi connectivity index (χ1) is 8.33. The first-order valence-electron chi connectivity index (χ1n) is 5.17. The fraction of sp³-hybridized carbons (Fsp3) is 0.0909. The molecule has 0 atom stereocenters. The Labute approximate surface area is 97.3 Å². The topological polar surface area (TPSA) is 72.3 Å². The molecule has 1 aromatic carbocycles. The average molecular weight is 226 g/mol. The van der Waals surface area contributed by atoms with Gasteiger partial charge in [-0.3, -0.25) is 9.78 Å². The third-order valence-electron chi connectivity index (χ3n) is 2.36. The van der Waals surface area contributed by atoms with E-state index in [0.29, 0.717) is 17.3 Å². The van der Waals surface area contributed by atoms with E-state index in [1.54, 1.807) is 10.9 Å². The molecule has 0 fully saturated rings. The number of H-pyrrole nitrogens is 1. The number of hydrogen-bond donors (Lipinski definition) is 1. The van der Waals surface area contributed by atoms with E-state index in [2.05, 4.69) is 25.5 Å². The van der Waals surface area contributed by atoms with Crippen LogP contribution >= 0.6 is 0 Å². The molecule has 6 heteroatoms.